The Bertz CT molecular complexity index is 1350. The number of aryl methyl sites for hydroxylation is 1. The van der Waals surface area contributed by atoms with Gasteiger partial charge >= 0.3 is 0 Å². The highest BCUT2D eigenvalue weighted by Crippen LogP contribution is 2.33. The van der Waals surface area contributed by atoms with Gasteiger partial charge in [0.15, 0.2) is 10.7 Å². The number of carbonyl (C=O) groups is 1. The number of hydrogen-bond donors (Lipinski definition) is 3. The standard InChI is InChI=1S/C27H27N3O4S/c1-3-5-14-33-20-10-7-18(8-11-20)25(32)30-27(35)28-19-9-12-21(23(31)16-19)26-29-22-15-17(4-2)6-13-24(22)34-26/h6-13,15-16,31H,3-5,14H2,1-2H3,(H2,28,30,32,35). The summed E-state index contributed by atoms with van der Waals surface area (Å²) < 4.78 is 11.4. The smallest absolute Gasteiger partial charge is 0.257 e. The Morgan fingerprint density at radius 3 is 2.60 bits per heavy atom. The van der Waals surface area contributed by atoms with Crippen LogP contribution in [-0.4, -0.2) is 27.7 Å². The van der Waals surface area contributed by atoms with Gasteiger partial charge in [-0.05, 0) is 79.2 Å². The van der Waals surface area contributed by atoms with E-state index in [-0.39, 0.29) is 16.8 Å². The van der Waals surface area contributed by atoms with Crippen molar-refractivity contribution in [2.75, 3.05) is 11.9 Å². The topological polar surface area (TPSA) is 96.6 Å². The zero-order chi connectivity index (χ0) is 24.8. The summed E-state index contributed by atoms with van der Waals surface area (Å²) in [6.07, 6.45) is 2.94. The van der Waals surface area contributed by atoms with Crippen LogP contribution in [0, 0.1) is 0 Å². The largest absolute Gasteiger partial charge is 0.507 e. The van der Waals surface area contributed by atoms with Crippen molar-refractivity contribution < 1.29 is 19.1 Å². The van der Waals surface area contributed by atoms with Crippen molar-refractivity contribution in [2.45, 2.75) is 33.1 Å². The van der Waals surface area contributed by atoms with Crippen molar-refractivity contribution in [3.05, 3.63) is 71.8 Å². The summed E-state index contributed by atoms with van der Waals surface area (Å²) in [7, 11) is 0. The van der Waals surface area contributed by atoms with Crippen LogP contribution in [0.3, 0.4) is 0 Å². The highest BCUT2D eigenvalue weighted by atomic mass is 32.1. The summed E-state index contributed by atoms with van der Waals surface area (Å²) in [6, 6.07) is 17.6. The van der Waals surface area contributed by atoms with Crippen molar-refractivity contribution >= 4 is 40.0 Å². The maximum atomic E-state index is 12.5. The molecule has 0 bridgehead atoms. The zero-order valence-electron chi connectivity index (χ0n) is 19.6. The second-order valence-corrected chi connectivity index (χ2v) is 8.45. The Kier molecular flexibility index (Phi) is 7.62. The number of nitrogens with zero attached hydrogens (tertiary/aromatic N) is 1. The molecule has 3 N–H and O–H groups in total. The molecule has 3 aromatic carbocycles. The minimum Gasteiger partial charge on any atom is -0.507 e. The van der Waals surface area contributed by atoms with Crippen molar-refractivity contribution in [2.24, 2.45) is 0 Å². The maximum Gasteiger partial charge on any atom is 0.257 e. The van der Waals surface area contributed by atoms with Gasteiger partial charge in [-0.15, -0.1) is 0 Å². The van der Waals surface area contributed by atoms with Crippen molar-refractivity contribution in [3.8, 4) is 23.0 Å². The van der Waals surface area contributed by atoms with Gasteiger partial charge in [0.25, 0.3) is 5.91 Å². The normalized spacial score (nSPS) is 10.8. The van der Waals surface area contributed by atoms with Crippen molar-refractivity contribution in [1.29, 1.82) is 0 Å². The number of oxazole rings is 1. The lowest BCUT2D eigenvalue weighted by Gasteiger charge is -2.11. The molecule has 0 saturated carbocycles. The molecule has 7 nitrogen and oxygen atoms in total. The van der Waals surface area contributed by atoms with Gasteiger partial charge in [0.2, 0.25) is 5.89 Å². The van der Waals surface area contributed by atoms with E-state index < -0.39 is 0 Å². The summed E-state index contributed by atoms with van der Waals surface area (Å²) >= 11 is 5.27. The molecule has 0 unspecified atom stereocenters. The molecule has 1 aromatic heterocycles. The number of anilines is 1. The number of fused-ring (bicyclic) bond motifs is 1. The number of unbranched alkanes of at least 4 members (excludes halogenated alkanes) is 1. The highest BCUT2D eigenvalue weighted by Gasteiger charge is 2.14. The lowest BCUT2D eigenvalue weighted by atomic mass is 10.1. The molecule has 0 radical (unpaired) electrons. The predicted molar refractivity (Wildman–Crippen MR) is 141 cm³/mol. The van der Waals surface area contributed by atoms with Crippen LogP contribution in [0.4, 0.5) is 5.69 Å². The van der Waals surface area contributed by atoms with Gasteiger partial charge < -0.3 is 19.6 Å². The fourth-order valence-electron chi connectivity index (χ4n) is 3.47. The van der Waals surface area contributed by atoms with Gasteiger partial charge in [0, 0.05) is 17.3 Å². The number of carbonyl (C=O) groups excluding carboxylic acids is 1. The molecule has 0 atom stereocenters. The van der Waals surface area contributed by atoms with Crippen LogP contribution in [0.5, 0.6) is 11.5 Å². The third-order valence-corrected chi connectivity index (χ3v) is 5.66. The molecule has 0 aliphatic rings. The molecule has 0 fully saturated rings. The monoisotopic (exact) mass is 489 g/mol. The SMILES string of the molecule is CCCCOc1ccc(C(=O)NC(=S)Nc2ccc(-c3nc4cc(CC)ccc4o3)c(O)c2)cc1. The molecule has 8 heteroatoms. The number of hydrogen-bond acceptors (Lipinski definition) is 6. The van der Waals surface area contributed by atoms with E-state index in [1.165, 1.54) is 6.07 Å². The van der Waals surface area contributed by atoms with Crippen LogP contribution in [0.25, 0.3) is 22.6 Å². The minimum atomic E-state index is -0.346. The molecule has 0 aliphatic heterocycles. The Hall–Kier alpha value is -3.91. The quantitative estimate of drug-likeness (QED) is 0.204. The van der Waals surface area contributed by atoms with Crippen LogP contribution < -0.4 is 15.4 Å². The highest BCUT2D eigenvalue weighted by molar-refractivity contribution is 7.80. The molecule has 1 heterocycles. The average Bonchev–Trinajstić information content (AvgIpc) is 3.27. The van der Waals surface area contributed by atoms with E-state index in [1.807, 2.05) is 18.2 Å². The van der Waals surface area contributed by atoms with Crippen molar-refractivity contribution in [3.63, 3.8) is 0 Å². The number of phenolic OH excluding ortho intramolecular Hbond substituents is 1. The molecule has 0 saturated heterocycles. The number of ether oxygens (including phenoxy) is 1. The number of aromatic nitrogens is 1. The second-order valence-electron chi connectivity index (χ2n) is 8.04. The fraction of sp³-hybridized carbons (Fsp3) is 0.222. The first-order valence-corrected chi connectivity index (χ1v) is 12.0. The Balaban J connectivity index is 1.38. The van der Waals surface area contributed by atoms with Crippen LogP contribution in [0.15, 0.2) is 65.1 Å². The summed E-state index contributed by atoms with van der Waals surface area (Å²) in [6.45, 7) is 4.82. The summed E-state index contributed by atoms with van der Waals surface area (Å²) in [5.41, 5.74) is 3.99. The Morgan fingerprint density at radius 1 is 1.09 bits per heavy atom. The average molecular weight is 490 g/mol. The molecule has 4 rings (SSSR count). The lowest BCUT2D eigenvalue weighted by molar-refractivity contribution is 0.0977. The first-order chi connectivity index (χ1) is 17.0. The van der Waals surface area contributed by atoms with E-state index in [0.29, 0.717) is 34.9 Å². The van der Waals surface area contributed by atoms with Gasteiger partial charge in [-0.25, -0.2) is 4.98 Å². The molecule has 0 spiro atoms. The van der Waals surface area contributed by atoms with E-state index in [9.17, 15) is 9.90 Å². The van der Waals surface area contributed by atoms with E-state index in [0.717, 1.165) is 36.1 Å². The number of nitrogens with one attached hydrogen (secondary N) is 2. The number of amides is 1. The van der Waals surface area contributed by atoms with Crippen LogP contribution in [0.2, 0.25) is 0 Å². The van der Waals surface area contributed by atoms with Gasteiger partial charge in [0.05, 0.1) is 12.2 Å². The minimum absolute atomic E-state index is 0.0231. The van der Waals surface area contributed by atoms with E-state index >= 15 is 0 Å². The zero-order valence-corrected chi connectivity index (χ0v) is 20.4. The number of rotatable bonds is 8. The van der Waals surface area contributed by atoms with Crippen LogP contribution in [0.1, 0.15) is 42.6 Å². The molecule has 35 heavy (non-hydrogen) atoms. The molecule has 1 amide bonds. The van der Waals surface area contributed by atoms with Crippen molar-refractivity contribution in [1.82, 2.24) is 10.3 Å². The van der Waals surface area contributed by atoms with Crippen LogP contribution in [-0.2, 0) is 6.42 Å². The third kappa shape index (κ3) is 5.96. The number of benzene rings is 3. The fourth-order valence-corrected chi connectivity index (χ4v) is 3.68. The maximum absolute atomic E-state index is 12.5. The third-order valence-electron chi connectivity index (χ3n) is 5.46. The lowest BCUT2D eigenvalue weighted by Crippen LogP contribution is -2.34. The van der Waals surface area contributed by atoms with Gasteiger partial charge in [-0.2, -0.15) is 0 Å². The molecular weight excluding hydrogens is 462 g/mol. The first kappa shape index (κ1) is 24.2. The van der Waals surface area contributed by atoms with Gasteiger partial charge in [-0.3, -0.25) is 10.1 Å². The summed E-state index contributed by atoms with van der Waals surface area (Å²) in [4.78, 5) is 17.0. The molecule has 4 aromatic rings. The van der Waals surface area contributed by atoms with Gasteiger partial charge in [-0.1, -0.05) is 26.3 Å². The molecule has 180 valence electrons. The Labute approximate surface area is 209 Å². The predicted octanol–water partition coefficient (Wildman–Crippen LogP) is 6.07. The Morgan fingerprint density at radius 2 is 1.89 bits per heavy atom. The first-order valence-electron chi connectivity index (χ1n) is 11.5. The number of phenols is 1. The summed E-state index contributed by atoms with van der Waals surface area (Å²) in [5, 5.41) is 16.2. The second kappa shape index (κ2) is 11.0. The van der Waals surface area contributed by atoms with Crippen LogP contribution >= 0.6 is 12.2 Å². The van der Waals surface area contributed by atoms with Gasteiger partial charge in [0.1, 0.15) is 17.0 Å². The molecule has 0 aliphatic carbocycles. The van der Waals surface area contributed by atoms with E-state index in [1.54, 1.807) is 36.4 Å². The molecular formula is C27H27N3O4S. The van der Waals surface area contributed by atoms with E-state index in [4.69, 9.17) is 21.4 Å². The number of thiocarbonyl (C=S) groups is 1. The number of aromatic hydroxyl groups is 1. The van der Waals surface area contributed by atoms with E-state index in [2.05, 4.69) is 29.5 Å². The summed E-state index contributed by atoms with van der Waals surface area (Å²) in [5.74, 6) is 0.678.